The lowest BCUT2D eigenvalue weighted by molar-refractivity contribution is -0.131. The summed E-state index contributed by atoms with van der Waals surface area (Å²) in [5.41, 5.74) is 2.67. The number of aliphatic carboxylic acids is 1. The molecule has 11 heteroatoms. The first-order chi connectivity index (χ1) is 19.6. The number of alkyl halides is 2. The predicted octanol–water partition coefficient (Wildman–Crippen LogP) is 5.69. The van der Waals surface area contributed by atoms with Crippen LogP contribution in [-0.2, 0) is 28.4 Å². The number of carbonyl (C=O) groups is 1. The van der Waals surface area contributed by atoms with Crippen LogP contribution in [0, 0.1) is 12.7 Å². The van der Waals surface area contributed by atoms with Crippen molar-refractivity contribution in [1.82, 2.24) is 14.5 Å². The lowest BCUT2D eigenvalue weighted by atomic mass is 9.88. The van der Waals surface area contributed by atoms with Gasteiger partial charge in [0.25, 0.3) is 5.79 Å². The van der Waals surface area contributed by atoms with E-state index < -0.39 is 18.4 Å². The maximum atomic E-state index is 14.8. The Morgan fingerprint density at radius 3 is 2.73 bits per heavy atom. The lowest BCUT2D eigenvalue weighted by Crippen LogP contribution is -2.34. The summed E-state index contributed by atoms with van der Waals surface area (Å²) < 4.78 is 58.5. The molecule has 8 nitrogen and oxygen atoms in total. The minimum Gasteiger partial charge on any atom is -0.478 e. The van der Waals surface area contributed by atoms with E-state index in [1.807, 2.05) is 31.2 Å². The summed E-state index contributed by atoms with van der Waals surface area (Å²) >= 11 is 0. The molecule has 0 saturated carbocycles. The maximum absolute atomic E-state index is 14.8. The number of imidazole rings is 1. The summed E-state index contributed by atoms with van der Waals surface area (Å²) in [6.45, 7) is 2.52. The van der Waals surface area contributed by atoms with Crippen molar-refractivity contribution in [2.75, 3.05) is 19.7 Å². The van der Waals surface area contributed by atoms with E-state index in [-0.39, 0.29) is 24.9 Å². The summed E-state index contributed by atoms with van der Waals surface area (Å²) in [4.78, 5) is 17.6. The van der Waals surface area contributed by atoms with Crippen LogP contribution in [0.1, 0.15) is 53.9 Å². The van der Waals surface area contributed by atoms with Gasteiger partial charge in [-0.15, -0.1) is 0 Å². The van der Waals surface area contributed by atoms with E-state index in [2.05, 4.69) is 14.6 Å². The molecule has 0 aliphatic carbocycles. The number of piperidine rings is 1. The van der Waals surface area contributed by atoms with Crippen LogP contribution in [0.3, 0.4) is 0 Å². The van der Waals surface area contributed by atoms with Gasteiger partial charge in [0.15, 0.2) is 11.5 Å². The van der Waals surface area contributed by atoms with Crippen LogP contribution in [0.5, 0.6) is 11.5 Å². The molecule has 1 unspecified atom stereocenters. The Labute approximate surface area is 236 Å². The number of rotatable bonds is 10. The van der Waals surface area contributed by atoms with Crippen LogP contribution in [-0.4, -0.2) is 51.8 Å². The van der Waals surface area contributed by atoms with Gasteiger partial charge in [-0.2, -0.15) is 8.78 Å². The third-order valence-corrected chi connectivity index (χ3v) is 7.54. The number of benzene rings is 2. The first kappa shape index (κ1) is 28.7. The third-order valence-electron chi connectivity index (χ3n) is 7.54. The van der Waals surface area contributed by atoms with Crippen molar-refractivity contribution >= 4 is 12.0 Å². The quantitative estimate of drug-likeness (QED) is 0.313. The molecule has 3 aromatic rings. The van der Waals surface area contributed by atoms with E-state index in [1.165, 1.54) is 18.3 Å². The maximum Gasteiger partial charge on any atom is 0.345 e. The van der Waals surface area contributed by atoms with Crippen LogP contribution in [0.15, 0.2) is 48.7 Å². The number of para-hydroxylation sites is 1. The number of carboxylic acids is 1. The number of aromatic nitrogens is 2. The highest BCUT2D eigenvalue weighted by atomic mass is 19.3. The average molecular weight is 572 g/mol. The number of aryl methyl sites for hydroxylation is 1. The van der Waals surface area contributed by atoms with Crippen molar-refractivity contribution in [3.05, 3.63) is 82.7 Å². The highest BCUT2D eigenvalue weighted by Gasteiger charge is 2.42. The second-order valence-electron chi connectivity index (χ2n) is 10.4. The van der Waals surface area contributed by atoms with Gasteiger partial charge in [0.2, 0.25) is 0 Å². The molecule has 1 N–H and O–H groups in total. The summed E-state index contributed by atoms with van der Waals surface area (Å²) in [6, 6.07) is 10.8. The van der Waals surface area contributed by atoms with Gasteiger partial charge in [-0.3, -0.25) is 4.90 Å². The van der Waals surface area contributed by atoms with Gasteiger partial charge < -0.3 is 23.9 Å². The standard InChI is InChI=1S/C30H32F3N3O5/c1-19-6-8-23(24(31)16-19)30(2)40-25-5-3-4-22(28(25)41-30)20-10-12-35(13-11-20)18-26-34-17-21(7-9-27(37)38)36(26)14-15-39-29(32)33/h3-9,16-17,20,29H,10-15,18H2,1-2H3,(H,37,38)/b9-7+. The zero-order chi connectivity index (χ0) is 29.1. The first-order valence-corrected chi connectivity index (χ1v) is 13.5. The Kier molecular flexibility index (Phi) is 8.37. The molecule has 2 aromatic carbocycles. The zero-order valence-electron chi connectivity index (χ0n) is 22.9. The second-order valence-corrected chi connectivity index (χ2v) is 10.4. The second kappa shape index (κ2) is 12.0. The minimum atomic E-state index is -2.89. The zero-order valence-corrected chi connectivity index (χ0v) is 22.9. The summed E-state index contributed by atoms with van der Waals surface area (Å²) in [5.74, 6) is -0.704. The predicted molar refractivity (Wildman–Crippen MR) is 144 cm³/mol. The molecule has 0 spiro atoms. The SMILES string of the molecule is Cc1ccc(C2(C)Oc3cccc(C4CCN(Cc5ncc(/C=C/C(=O)O)n5CCOC(F)F)CC4)c3O2)c(F)c1. The molecular formula is C30H32F3N3O5. The molecular weight excluding hydrogens is 539 g/mol. The van der Waals surface area contributed by atoms with Crippen LogP contribution < -0.4 is 9.47 Å². The number of halogens is 3. The number of hydrogen-bond donors (Lipinski definition) is 1. The van der Waals surface area contributed by atoms with Crippen LogP contribution in [0.2, 0.25) is 0 Å². The lowest BCUT2D eigenvalue weighted by Gasteiger charge is -2.32. The smallest absolute Gasteiger partial charge is 0.345 e. The van der Waals surface area contributed by atoms with Gasteiger partial charge in [0.1, 0.15) is 11.6 Å². The van der Waals surface area contributed by atoms with Gasteiger partial charge in [-0.1, -0.05) is 18.2 Å². The van der Waals surface area contributed by atoms with E-state index in [9.17, 15) is 18.0 Å². The normalized spacial score (nSPS) is 19.5. The molecule has 1 atom stereocenters. The fourth-order valence-electron chi connectivity index (χ4n) is 5.51. The molecule has 1 fully saturated rings. The molecule has 2 aliphatic rings. The van der Waals surface area contributed by atoms with E-state index in [0.29, 0.717) is 35.1 Å². The number of fused-ring (bicyclic) bond motifs is 1. The Hall–Kier alpha value is -3.83. The van der Waals surface area contributed by atoms with Gasteiger partial charge in [0, 0.05) is 25.1 Å². The molecule has 0 radical (unpaired) electrons. The fraction of sp³-hybridized carbons (Fsp3) is 0.400. The van der Waals surface area contributed by atoms with E-state index in [0.717, 1.165) is 43.1 Å². The Bertz CT molecular complexity index is 1430. The van der Waals surface area contributed by atoms with Crippen molar-refractivity contribution < 1.29 is 37.3 Å². The van der Waals surface area contributed by atoms with Crippen LogP contribution in [0.25, 0.3) is 6.08 Å². The molecule has 5 rings (SSSR count). The van der Waals surface area contributed by atoms with E-state index in [4.69, 9.17) is 14.6 Å². The molecule has 0 bridgehead atoms. The Balaban J connectivity index is 1.26. The van der Waals surface area contributed by atoms with Gasteiger partial charge in [0.05, 0.1) is 30.6 Å². The summed E-state index contributed by atoms with van der Waals surface area (Å²) in [5, 5.41) is 8.99. The molecule has 2 aliphatic heterocycles. The van der Waals surface area contributed by atoms with Gasteiger partial charge in [-0.05, 0) is 68.6 Å². The first-order valence-electron chi connectivity index (χ1n) is 13.5. The van der Waals surface area contributed by atoms with E-state index in [1.54, 1.807) is 17.6 Å². The van der Waals surface area contributed by atoms with Crippen LogP contribution >= 0.6 is 0 Å². The minimum absolute atomic E-state index is 0.114. The van der Waals surface area contributed by atoms with E-state index >= 15 is 0 Å². The van der Waals surface area contributed by atoms with Crippen molar-refractivity contribution in [2.45, 2.75) is 58.1 Å². The van der Waals surface area contributed by atoms with Gasteiger partial charge >= 0.3 is 12.6 Å². The summed E-state index contributed by atoms with van der Waals surface area (Å²) in [7, 11) is 0. The number of likely N-dealkylation sites (tertiary alicyclic amines) is 1. The number of ether oxygens (including phenoxy) is 3. The fourth-order valence-corrected chi connectivity index (χ4v) is 5.51. The van der Waals surface area contributed by atoms with Gasteiger partial charge in [-0.25, -0.2) is 14.2 Å². The monoisotopic (exact) mass is 571 g/mol. The Morgan fingerprint density at radius 2 is 2.02 bits per heavy atom. The highest BCUT2D eigenvalue weighted by molar-refractivity contribution is 5.84. The van der Waals surface area contributed by atoms with Crippen molar-refractivity contribution in [2.24, 2.45) is 0 Å². The molecule has 41 heavy (non-hydrogen) atoms. The average Bonchev–Trinajstić information content (AvgIpc) is 3.47. The van der Waals surface area contributed by atoms with Crippen molar-refractivity contribution in [3.63, 3.8) is 0 Å². The third kappa shape index (κ3) is 6.41. The topological polar surface area (TPSA) is 86.1 Å². The molecule has 218 valence electrons. The molecule has 1 saturated heterocycles. The molecule has 0 amide bonds. The van der Waals surface area contributed by atoms with Crippen molar-refractivity contribution in [3.8, 4) is 11.5 Å². The number of carboxylic acid groups (broad SMARTS) is 1. The molecule has 3 heterocycles. The van der Waals surface area contributed by atoms with Crippen molar-refractivity contribution in [1.29, 1.82) is 0 Å². The number of nitrogens with zero attached hydrogens (tertiary/aromatic N) is 3. The van der Waals surface area contributed by atoms with Crippen LogP contribution in [0.4, 0.5) is 13.2 Å². The molecule has 1 aromatic heterocycles. The number of hydrogen-bond acceptors (Lipinski definition) is 6. The summed E-state index contributed by atoms with van der Waals surface area (Å²) in [6.07, 6.45) is 5.57. The largest absolute Gasteiger partial charge is 0.478 e. The Morgan fingerprint density at radius 1 is 1.24 bits per heavy atom. The highest BCUT2D eigenvalue weighted by Crippen LogP contribution is 2.49.